The van der Waals surface area contributed by atoms with Crippen molar-refractivity contribution in [1.29, 1.82) is 0 Å². The lowest BCUT2D eigenvalue weighted by Gasteiger charge is -2.29. The highest BCUT2D eigenvalue weighted by Crippen LogP contribution is 2.39. The zero-order chi connectivity index (χ0) is 28.5. The van der Waals surface area contributed by atoms with Crippen molar-refractivity contribution in [3.8, 4) is 11.5 Å². The third-order valence-electron chi connectivity index (χ3n) is 6.92. The lowest BCUT2D eigenvalue weighted by atomic mass is 9.96. The summed E-state index contributed by atoms with van der Waals surface area (Å²) in [6, 6.07) is 9.53. The average Bonchev–Trinajstić information content (AvgIpc) is 3.54. The molecule has 0 aliphatic carbocycles. The molecule has 0 unspecified atom stereocenters. The number of halogens is 1. The van der Waals surface area contributed by atoms with Crippen molar-refractivity contribution in [2.75, 3.05) is 18.4 Å². The van der Waals surface area contributed by atoms with Gasteiger partial charge in [0, 0.05) is 61.2 Å². The first kappa shape index (κ1) is 26.7. The third-order valence-corrected chi connectivity index (χ3v) is 7.94. The molecule has 41 heavy (non-hydrogen) atoms. The number of nitrogens with one attached hydrogen (secondary N) is 1. The van der Waals surface area contributed by atoms with Crippen LogP contribution in [0.3, 0.4) is 0 Å². The number of pyridine rings is 2. The molecule has 13 heteroatoms. The number of ether oxygens (including phenoxy) is 1. The maximum atomic E-state index is 13.6. The Balaban J connectivity index is 1.28. The molecule has 1 aliphatic rings. The molecule has 1 aliphatic heterocycles. The molecule has 0 saturated carbocycles. The zero-order valence-electron chi connectivity index (χ0n) is 22.7. The zero-order valence-corrected chi connectivity index (χ0v) is 23.5. The van der Waals surface area contributed by atoms with E-state index in [2.05, 4.69) is 25.5 Å². The predicted molar refractivity (Wildman–Crippen MR) is 150 cm³/mol. The molecule has 5 heterocycles. The molecule has 0 atom stereocenters. The monoisotopic (exact) mass is 574 g/mol. The molecule has 0 bridgehead atoms. The van der Waals surface area contributed by atoms with Crippen molar-refractivity contribution in [3.05, 3.63) is 66.1 Å². The molecule has 1 fully saturated rings. The molecule has 5 aromatic rings. The molecular formula is C28H27FN8O3S. The van der Waals surface area contributed by atoms with Gasteiger partial charge in [-0.15, -0.1) is 0 Å². The van der Waals surface area contributed by atoms with Crippen LogP contribution in [0.4, 0.5) is 16.2 Å². The SMILES string of the molecule is CC(=O)N1CCC(c2nc(Nc3ncc(Sc4ccnc5onc(C)c45)cc3Oc3ccc(F)cc3)n(C)n2)CC1. The topological polar surface area (TPSA) is 124 Å². The summed E-state index contributed by atoms with van der Waals surface area (Å²) in [6.07, 6.45) is 5.01. The van der Waals surface area contributed by atoms with E-state index in [1.807, 2.05) is 31.0 Å². The third kappa shape index (κ3) is 5.71. The number of carbonyl (C=O) groups is 1. The van der Waals surface area contributed by atoms with Crippen LogP contribution in [-0.2, 0) is 11.8 Å². The highest BCUT2D eigenvalue weighted by molar-refractivity contribution is 7.99. The second kappa shape index (κ2) is 11.2. The van der Waals surface area contributed by atoms with E-state index in [0.717, 1.165) is 39.5 Å². The summed E-state index contributed by atoms with van der Waals surface area (Å²) >= 11 is 1.47. The molecule has 6 rings (SSSR count). The fraction of sp³-hybridized carbons (Fsp3) is 0.286. The number of anilines is 2. The number of likely N-dealkylation sites (tertiary alicyclic amines) is 1. The number of hydrogen-bond acceptors (Lipinski definition) is 10. The Labute approximate surface area is 239 Å². The summed E-state index contributed by atoms with van der Waals surface area (Å²) in [5.74, 6) is 2.42. The van der Waals surface area contributed by atoms with Gasteiger partial charge in [0.15, 0.2) is 17.4 Å². The smallest absolute Gasteiger partial charge is 0.259 e. The van der Waals surface area contributed by atoms with Gasteiger partial charge in [-0.1, -0.05) is 16.9 Å². The van der Waals surface area contributed by atoms with Crippen molar-refractivity contribution in [2.45, 2.75) is 42.4 Å². The number of piperidine rings is 1. The van der Waals surface area contributed by atoms with Crippen molar-refractivity contribution < 1.29 is 18.4 Å². The molecule has 1 aromatic carbocycles. The summed E-state index contributed by atoms with van der Waals surface area (Å²) in [5, 5.41) is 12.8. The van der Waals surface area contributed by atoms with E-state index in [1.54, 1.807) is 36.1 Å². The summed E-state index contributed by atoms with van der Waals surface area (Å²) in [6.45, 7) is 4.84. The first-order valence-corrected chi connectivity index (χ1v) is 13.9. The van der Waals surface area contributed by atoms with Crippen LogP contribution in [-0.4, -0.2) is 53.8 Å². The second-order valence-corrected chi connectivity index (χ2v) is 10.9. The Bertz CT molecular complexity index is 1710. The number of carbonyl (C=O) groups excluding carboxylic acids is 1. The number of amides is 1. The second-order valence-electron chi connectivity index (χ2n) is 9.76. The van der Waals surface area contributed by atoms with E-state index in [4.69, 9.17) is 14.2 Å². The Morgan fingerprint density at radius 1 is 1.17 bits per heavy atom. The largest absolute Gasteiger partial charge is 0.453 e. The number of aryl methyl sites for hydroxylation is 2. The van der Waals surface area contributed by atoms with Crippen LogP contribution in [0.5, 0.6) is 11.5 Å². The van der Waals surface area contributed by atoms with Crippen LogP contribution in [0.25, 0.3) is 11.1 Å². The molecule has 0 radical (unpaired) electrons. The number of aromatic nitrogens is 6. The van der Waals surface area contributed by atoms with Gasteiger partial charge in [-0.05, 0) is 50.1 Å². The molecule has 11 nitrogen and oxygen atoms in total. The van der Waals surface area contributed by atoms with E-state index in [-0.39, 0.29) is 17.6 Å². The van der Waals surface area contributed by atoms with Crippen molar-refractivity contribution >= 4 is 40.5 Å². The number of hydrogen-bond donors (Lipinski definition) is 1. The minimum absolute atomic E-state index is 0.0890. The number of fused-ring (bicyclic) bond motifs is 1. The van der Waals surface area contributed by atoms with Crippen LogP contribution in [0, 0.1) is 12.7 Å². The highest BCUT2D eigenvalue weighted by atomic mass is 32.2. The lowest BCUT2D eigenvalue weighted by molar-refractivity contribution is -0.129. The van der Waals surface area contributed by atoms with Gasteiger partial charge in [0.2, 0.25) is 11.9 Å². The minimum atomic E-state index is -0.357. The molecule has 4 aromatic heterocycles. The normalized spacial score (nSPS) is 14.0. The minimum Gasteiger partial charge on any atom is -0.453 e. The first-order valence-electron chi connectivity index (χ1n) is 13.1. The number of benzene rings is 1. The van der Waals surface area contributed by atoms with Crippen LogP contribution in [0.1, 0.15) is 37.2 Å². The number of rotatable bonds is 7. The Hall–Kier alpha value is -4.52. The average molecular weight is 575 g/mol. The maximum absolute atomic E-state index is 13.6. The van der Waals surface area contributed by atoms with Gasteiger partial charge in [0.25, 0.3) is 5.71 Å². The van der Waals surface area contributed by atoms with Crippen LogP contribution < -0.4 is 10.1 Å². The first-order chi connectivity index (χ1) is 19.8. The summed E-state index contributed by atoms with van der Waals surface area (Å²) in [5.41, 5.74) is 1.21. The van der Waals surface area contributed by atoms with Gasteiger partial charge >= 0.3 is 0 Å². The van der Waals surface area contributed by atoms with Crippen LogP contribution in [0.2, 0.25) is 0 Å². The summed E-state index contributed by atoms with van der Waals surface area (Å²) in [4.78, 5) is 28.9. The highest BCUT2D eigenvalue weighted by Gasteiger charge is 2.26. The molecular weight excluding hydrogens is 547 g/mol. The van der Waals surface area contributed by atoms with Gasteiger partial charge in [0.05, 0.1) is 11.1 Å². The Morgan fingerprint density at radius 2 is 1.95 bits per heavy atom. The quantitative estimate of drug-likeness (QED) is 0.262. The van der Waals surface area contributed by atoms with E-state index >= 15 is 0 Å². The summed E-state index contributed by atoms with van der Waals surface area (Å²) in [7, 11) is 1.81. The Kier molecular flexibility index (Phi) is 7.26. The van der Waals surface area contributed by atoms with Crippen molar-refractivity contribution in [3.63, 3.8) is 0 Å². The van der Waals surface area contributed by atoms with Crippen molar-refractivity contribution in [2.24, 2.45) is 7.05 Å². The van der Waals surface area contributed by atoms with Gasteiger partial charge in [-0.3, -0.25) is 4.79 Å². The lowest BCUT2D eigenvalue weighted by Crippen LogP contribution is -2.36. The Morgan fingerprint density at radius 3 is 2.71 bits per heavy atom. The van der Waals surface area contributed by atoms with E-state index < -0.39 is 0 Å². The molecule has 1 saturated heterocycles. The summed E-state index contributed by atoms with van der Waals surface area (Å²) < 4.78 is 26.7. The van der Waals surface area contributed by atoms with Gasteiger partial charge in [-0.2, -0.15) is 10.1 Å². The number of nitrogens with zero attached hydrogens (tertiary/aromatic N) is 7. The van der Waals surface area contributed by atoms with Gasteiger partial charge < -0.3 is 19.5 Å². The maximum Gasteiger partial charge on any atom is 0.259 e. The fourth-order valence-corrected chi connectivity index (χ4v) is 5.72. The molecule has 1 amide bonds. The van der Waals surface area contributed by atoms with E-state index in [9.17, 15) is 9.18 Å². The van der Waals surface area contributed by atoms with Crippen LogP contribution in [0.15, 0.2) is 63.1 Å². The fourth-order valence-electron chi connectivity index (χ4n) is 4.73. The van der Waals surface area contributed by atoms with Crippen LogP contribution >= 0.6 is 11.8 Å². The predicted octanol–water partition coefficient (Wildman–Crippen LogP) is 5.61. The standard InChI is InChI=1S/C28H27FN8O3S/c1-16-24-23(8-11-30-27(24)40-35-16)41-21-14-22(39-20-6-4-19(29)5-7-20)26(31-15-21)33-28-32-25(34-36(28)3)18-9-12-37(13-10-18)17(2)38/h4-8,11,14-15,18H,9-10,12-13H2,1-3H3,(H,31,32,33,34). The molecule has 210 valence electrons. The van der Waals surface area contributed by atoms with Gasteiger partial charge in [0.1, 0.15) is 11.6 Å². The van der Waals surface area contributed by atoms with E-state index in [0.29, 0.717) is 42.1 Å². The molecule has 0 spiro atoms. The van der Waals surface area contributed by atoms with Crippen molar-refractivity contribution in [1.82, 2.24) is 34.8 Å². The molecule has 1 N–H and O–H groups in total. The van der Waals surface area contributed by atoms with E-state index in [1.165, 1.54) is 23.9 Å². The van der Waals surface area contributed by atoms with Gasteiger partial charge in [-0.25, -0.2) is 19.0 Å².